The Morgan fingerprint density at radius 1 is 1.35 bits per heavy atom. The third-order valence-electron chi connectivity index (χ3n) is 2.38. The predicted octanol–water partition coefficient (Wildman–Crippen LogP) is 2.85. The van der Waals surface area contributed by atoms with Gasteiger partial charge in [0, 0.05) is 17.3 Å². The summed E-state index contributed by atoms with van der Waals surface area (Å²) in [6.45, 7) is 3.24. The molecule has 1 aromatic rings. The summed E-state index contributed by atoms with van der Waals surface area (Å²) in [6, 6.07) is 2.12. The van der Waals surface area contributed by atoms with Gasteiger partial charge in [-0.3, -0.25) is 9.78 Å². The van der Waals surface area contributed by atoms with Crippen molar-refractivity contribution in [3.63, 3.8) is 0 Å². The number of halogens is 3. The van der Waals surface area contributed by atoms with Gasteiger partial charge in [-0.1, -0.05) is 13.8 Å². The summed E-state index contributed by atoms with van der Waals surface area (Å²) in [5.41, 5.74) is -1.31. The van der Waals surface area contributed by atoms with Crippen molar-refractivity contribution in [3.8, 4) is 0 Å². The first-order chi connectivity index (χ1) is 7.63. The first-order valence-corrected chi connectivity index (χ1v) is 4.88. The third-order valence-corrected chi connectivity index (χ3v) is 2.38. The molecule has 0 bridgehead atoms. The standard InChI is InChI=1S/C11H12F3NO2/c1-10(2,5-9(16)17)8-4-3-7(6-15-8)11(12,13)14/h3-4,6H,5H2,1-2H3,(H,16,17). The molecule has 0 saturated carbocycles. The monoisotopic (exact) mass is 247 g/mol. The number of hydrogen-bond acceptors (Lipinski definition) is 2. The second-order valence-corrected chi connectivity index (χ2v) is 4.38. The second kappa shape index (κ2) is 4.35. The largest absolute Gasteiger partial charge is 0.481 e. The predicted molar refractivity (Wildman–Crippen MR) is 54.5 cm³/mol. The molecule has 1 heterocycles. The first-order valence-electron chi connectivity index (χ1n) is 4.88. The zero-order chi connectivity index (χ0) is 13.3. The lowest BCUT2D eigenvalue weighted by Crippen LogP contribution is -2.23. The number of hydrogen-bond donors (Lipinski definition) is 1. The molecule has 1 aromatic heterocycles. The van der Waals surface area contributed by atoms with E-state index in [9.17, 15) is 18.0 Å². The number of alkyl halides is 3. The molecule has 0 fully saturated rings. The molecule has 0 aromatic carbocycles. The maximum Gasteiger partial charge on any atom is 0.417 e. The van der Waals surface area contributed by atoms with Crippen molar-refractivity contribution in [1.29, 1.82) is 0 Å². The molecule has 94 valence electrons. The van der Waals surface area contributed by atoms with Crippen LogP contribution in [-0.4, -0.2) is 16.1 Å². The number of rotatable bonds is 3. The summed E-state index contributed by atoms with van der Waals surface area (Å²) in [5, 5.41) is 8.69. The summed E-state index contributed by atoms with van der Waals surface area (Å²) < 4.78 is 36.9. The van der Waals surface area contributed by atoms with Crippen LogP contribution in [0.4, 0.5) is 13.2 Å². The van der Waals surface area contributed by atoms with E-state index in [-0.39, 0.29) is 6.42 Å². The van der Waals surface area contributed by atoms with Crippen LogP contribution in [0.5, 0.6) is 0 Å². The fourth-order valence-corrected chi connectivity index (χ4v) is 1.43. The third kappa shape index (κ3) is 3.44. The molecule has 1 N–H and O–H groups in total. The van der Waals surface area contributed by atoms with Crippen LogP contribution in [0, 0.1) is 0 Å². The van der Waals surface area contributed by atoms with Crippen molar-refractivity contribution in [2.45, 2.75) is 31.9 Å². The highest BCUT2D eigenvalue weighted by atomic mass is 19.4. The zero-order valence-electron chi connectivity index (χ0n) is 9.38. The highest BCUT2D eigenvalue weighted by Gasteiger charge is 2.32. The molecule has 0 aliphatic heterocycles. The highest BCUT2D eigenvalue weighted by molar-refractivity contribution is 5.68. The SMILES string of the molecule is CC(C)(CC(=O)O)c1ccc(C(F)(F)F)cn1. The molecule has 17 heavy (non-hydrogen) atoms. The van der Waals surface area contributed by atoms with Crippen molar-refractivity contribution >= 4 is 5.97 Å². The van der Waals surface area contributed by atoms with Gasteiger partial charge in [0.25, 0.3) is 0 Å². The first kappa shape index (κ1) is 13.5. The van der Waals surface area contributed by atoms with Crippen LogP contribution in [-0.2, 0) is 16.4 Å². The van der Waals surface area contributed by atoms with Gasteiger partial charge in [0.1, 0.15) is 0 Å². The van der Waals surface area contributed by atoms with E-state index >= 15 is 0 Å². The fourth-order valence-electron chi connectivity index (χ4n) is 1.43. The molecule has 0 radical (unpaired) electrons. The number of nitrogens with zero attached hydrogens (tertiary/aromatic N) is 1. The minimum Gasteiger partial charge on any atom is -0.481 e. The molecule has 0 atom stereocenters. The number of aliphatic carboxylic acids is 1. The molecule has 6 heteroatoms. The maximum absolute atomic E-state index is 12.3. The Morgan fingerprint density at radius 3 is 2.29 bits per heavy atom. The van der Waals surface area contributed by atoms with E-state index < -0.39 is 23.1 Å². The van der Waals surface area contributed by atoms with Gasteiger partial charge in [-0.25, -0.2) is 0 Å². The van der Waals surface area contributed by atoms with Gasteiger partial charge in [0.05, 0.1) is 12.0 Å². The Hall–Kier alpha value is -1.59. The quantitative estimate of drug-likeness (QED) is 0.893. The molecular weight excluding hydrogens is 235 g/mol. The lowest BCUT2D eigenvalue weighted by Gasteiger charge is -2.22. The van der Waals surface area contributed by atoms with Crippen molar-refractivity contribution in [2.24, 2.45) is 0 Å². The van der Waals surface area contributed by atoms with E-state index in [1.165, 1.54) is 6.07 Å². The van der Waals surface area contributed by atoms with Gasteiger partial charge in [0.2, 0.25) is 0 Å². The Kier molecular flexibility index (Phi) is 3.45. The van der Waals surface area contributed by atoms with Crippen LogP contribution in [0.3, 0.4) is 0 Å². The number of pyridine rings is 1. The van der Waals surface area contributed by atoms with Crippen LogP contribution in [0.15, 0.2) is 18.3 Å². The van der Waals surface area contributed by atoms with Crippen molar-refractivity contribution < 1.29 is 23.1 Å². The topological polar surface area (TPSA) is 50.2 Å². The highest BCUT2D eigenvalue weighted by Crippen LogP contribution is 2.31. The van der Waals surface area contributed by atoms with E-state index in [2.05, 4.69) is 4.98 Å². The number of carboxylic acids is 1. The molecule has 0 aliphatic rings. The number of carboxylic acid groups (broad SMARTS) is 1. The minimum absolute atomic E-state index is 0.189. The van der Waals surface area contributed by atoms with Gasteiger partial charge < -0.3 is 5.11 Å². The molecule has 0 spiro atoms. The number of carbonyl (C=O) groups is 1. The molecule has 0 unspecified atom stereocenters. The summed E-state index contributed by atoms with van der Waals surface area (Å²) in [7, 11) is 0. The molecule has 0 amide bonds. The molecular formula is C11H12F3NO2. The molecule has 1 rings (SSSR count). The molecule has 3 nitrogen and oxygen atoms in total. The van der Waals surface area contributed by atoms with Gasteiger partial charge in [-0.2, -0.15) is 13.2 Å². The van der Waals surface area contributed by atoms with Gasteiger partial charge >= 0.3 is 12.1 Å². The average molecular weight is 247 g/mol. The van der Waals surface area contributed by atoms with Gasteiger partial charge in [-0.05, 0) is 12.1 Å². The summed E-state index contributed by atoms with van der Waals surface area (Å²) in [5.74, 6) is -1.02. The Bertz CT molecular complexity index is 410. The van der Waals surface area contributed by atoms with Crippen molar-refractivity contribution in [1.82, 2.24) is 4.98 Å². The van der Waals surface area contributed by atoms with Crippen LogP contribution >= 0.6 is 0 Å². The van der Waals surface area contributed by atoms with Crippen LogP contribution in [0.25, 0.3) is 0 Å². The van der Waals surface area contributed by atoms with Crippen molar-refractivity contribution in [2.75, 3.05) is 0 Å². The van der Waals surface area contributed by atoms with Gasteiger partial charge in [-0.15, -0.1) is 0 Å². The second-order valence-electron chi connectivity index (χ2n) is 4.38. The Labute approximate surface area is 96.3 Å². The summed E-state index contributed by atoms with van der Waals surface area (Å²) in [4.78, 5) is 14.3. The normalized spacial score (nSPS) is 12.5. The molecule has 0 saturated heterocycles. The van der Waals surface area contributed by atoms with E-state index in [1.807, 2.05) is 0 Å². The Balaban J connectivity index is 2.98. The van der Waals surface area contributed by atoms with Crippen LogP contribution in [0.1, 0.15) is 31.5 Å². The van der Waals surface area contributed by atoms with Crippen LogP contribution < -0.4 is 0 Å². The smallest absolute Gasteiger partial charge is 0.417 e. The van der Waals surface area contributed by atoms with Crippen LogP contribution in [0.2, 0.25) is 0 Å². The van der Waals surface area contributed by atoms with E-state index in [1.54, 1.807) is 13.8 Å². The Morgan fingerprint density at radius 2 is 1.94 bits per heavy atom. The lowest BCUT2D eigenvalue weighted by molar-refractivity contribution is -0.139. The lowest BCUT2D eigenvalue weighted by atomic mass is 9.85. The maximum atomic E-state index is 12.3. The average Bonchev–Trinajstić information content (AvgIpc) is 2.14. The van der Waals surface area contributed by atoms with E-state index in [4.69, 9.17) is 5.11 Å². The summed E-state index contributed by atoms with van der Waals surface area (Å²) in [6.07, 6.45) is -3.90. The van der Waals surface area contributed by atoms with E-state index in [0.29, 0.717) is 5.69 Å². The zero-order valence-corrected chi connectivity index (χ0v) is 9.38. The number of aromatic nitrogens is 1. The van der Waals surface area contributed by atoms with Gasteiger partial charge in [0.15, 0.2) is 0 Å². The fraction of sp³-hybridized carbons (Fsp3) is 0.455. The minimum atomic E-state index is -4.43. The van der Waals surface area contributed by atoms with E-state index in [0.717, 1.165) is 12.3 Å². The van der Waals surface area contributed by atoms with Crippen molar-refractivity contribution in [3.05, 3.63) is 29.6 Å². The summed E-state index contributed by atoms with van der Waals surface area (Å²) >= 11 is 0. The molecule has 0 aliphatic carbocycles.